The lowest BCUT2D eigenvalue weighted by Gasteiger charge is -2.23. The second-order valence-corrected chi connectivity index (χ2v) is 15.5. The molecule has 1 rings (SSSR count). The summed E-state index contributed by atoms with van der Waals surface area (Å²) in [6.45, 7) is 2.53. The molecule has 1 unspecified atom stereocenters. The van der Waals surface area contributed by atoms with Gasteiger partial charge in [0.2, 0.25) is 0 Å². The first-order chi connectivity index (χ1) is 24.7. The molecule has 3 N–H and O–H groups in total. The molecule has 0 aliphatic heterocycles. The molecule has 0 bridgehead atoms. The molecule has 0 aromatic heterocycles. The van der Waals surface area contributed by atoms with E-state index in [4.69, 9.17) is 46.8 Å². The summed E-state index contributed by atoms with van der Waals surface area (Å²) < 4.78 is 33.4. The van der Waals surface area contributed by atoms with Crippen LogP contribution in [0.2, 0.25) is 0 Å². The summed E-state index contributed by atoms with van der Waals surface area (Å²) >= 11 is 11.8. The molecule has 0 fully saturated rings. The molecule has 51 heavy (non-hydrogen) atoms. The summed E-state index contributed by atoms with van der Waals surface area (Å²) in [5.74, 6) is 0.547. The molecule has 298 valence electrons. The number of rotatable bonds is 36. The van der Waals surface area contributed by atoms with Crippen molar-refractivity contribution >= 4 is 42.7 Å². The number of carbonyl (C=O) groups is 1. The van der Waals surface area contributed by atoms with E-state index in [1.165, 1.54) is 83.5 Å². The molecular formula is C38H68Cl2NO9P. The van der Waals surface area contributed by atoms with E-state index in [2.05, 4.69) is 11.8 Å². The second-order valence-electron chi connectivity index (χ2n) is 13.3. The van der Waals surface area contributed by atoms with E-state index in [1.54, 1.807) is 0 Å². The third-order valence-corrected chi connectivity index (χ3v) is 9.95. The summed E-state index contributed by atoms with van der Waals surface area (Å²) in [5, 5.41) is 18.3. The largest absolute Gasteiger partial charge is 0.472 e. The van der Waals surface area contributed by atoms with Crippen molar-refractivity contribution in [3.05, 3.63) is 29.8 Å². The molecule has 0 heterocycles. The Morgan fingerprint density at radius 3 is 1.78 bits per heavy atom. The normalized spacial score (nSPS) is 13.9. The average molecular weight is 785 g/mol. The van der Waals surface area contributed by atoms with Crippen LogP contribution in [0.3, 0.4) is 0 Å². The Morgan fingerprint density at radius 2 is 1.27 bits per heavy atom. The van der Waals surface area contributed by atoms with Crippen LogP contribution in [0.15, 0.2) is 24.3 Å². The van der Waals surface area contributed by atoms with Crippen molar-refractivity contribution in [1.29, 1.82) is 0 Å². The molecule has 1 aromatic rings. The molecule has 1 aromatic carbocycles. The Hall–Kier alpha value is -0.940. The van der Waals surface area contributed by atoms with Crippen LogP contribution in [-0.4, -0.2) is 91.2 Å². The van der Waals surface area contributed by atoms with Gasteiger partial charge in [-0.25, -0.2) is 4.57 Å². The van der Waals surface area contributed by atoms with Gasteiger partial charge in [-0.15, -0.1) is 23.2 Å². The number of phosphoric ester groups is 1. The van der Waals surface area contributed by atoms with Crippen LogP contribution >= 0.6 is 31.0 Å². The van der Waals surface area contributed by atoms with E-state index in [1.807, 2.05) is 24.3 Å². The first kappa shape index (κ1) is 48.1. The predicted octanol–water partition coefficient (Wildman–Crippen LogP) is 8.97. The van der Waals surface area contributed by atoms with E-state index in [-0.39, 0.29) is 13.0 Å². The highest BCUT2D eigenvalue weighted by Crippen LogP contribution is 2.43. The predicted molar refractivity (Wildman–Crippen MR) is 208 cm³/mol. The molecular weight excluding hydrogens is 716 g/mol. The van der Waals surface area contributed by atoms with E-state index >= 15 is 0 Å². The third kappa shape index (κ3) is 27.3. The van der Waals surface area contributed by atoms with Crippen LogP contribution in [0.25, 0.3) is 0 Å². The van der Waals surface area contributed by atoms with Gasteiger partial charge in [-0.2, -0.15) is 0 Å². The minimum atomic E-state index is -4.55. The van der Waals surface area contributed by atoms with Gasteiger partial charge in [0.05, 0.1) is 26.4 Å². The number of aryl methyl sites for hydroxylation is 1. The Kier molecular flexibility index (Phi) is 30.6. The number of nitrogens with zero attached hydrogens (tertiary/aromatic N) is 1. The Balaban J connectivity index is 2.36. The first-order valence-electron chi connectivity index (χ1n) is 19.4. The van der Waals surface area contributed by atoms with Crippen molar-refractivity contribution in [3.63, 3.8) is 0 Å². The molecule has 0 radical (unpaired) electrons. The van der Waals surface area contributed by atoms with Gasteiger partial charge < -0.3 is 29.5 Å². The molecule has 0 saturated carbocycles. The van der Waals surface area contributed by atoms with Gasteiger partial charge in [0.1, 0.15) is 12.2 Å². The maximum absolute atomic E-state index is 12.7. The van der Waals surface area contributed by atoms with Crippen molar-refractivity contribution < 1.29 is 43.0 Å². The third-order valence-electron chi connectivity index (χ3n) is 8.67. The Bertz CT molecular complexity index is 1000. The summed E-state index contributed by atoms with van der Waals surface area (Å²) in [7, 11) is -4.55. The fourth-order valence-corrected chi connectivity index (χ4v) is 6.86. The van der Waals surface area contributed by atoms with Crippen molar-refractivity contribution in [2.75, 3.05) is 62.8 Å². The number of alkyl halides is 2. The van der Waals surface area contributed by atoms with Crippen LogP contribution in [0.1, 0.15) is 128 Å². The molecule has 0 aliphatic rings. The molecule has 0 amide bonds. The van der Waals surface area contributed by atoms with Gasteiger partial charge >= 0.3 is 13.8 Å². The number of carbonyl (C=O) groups excluding carboxylic acids is 1. The fourth-order valence-electron chi connectivity index (χ4n) is 5.66. The molecule has 13 heteroatoms. The van der Waals surface area contributed by atoms with Crippen molar-refractivity contribution in [1.82, 2.24) is 0 Å². The van der Waals surface area contributed by atoms with Crippen LogP contribution in [0, 0.1) is 0 Å². The molecule has 3 atom stereocenters. The molecule has 0 spiro atoms. The number of anilines is 1. The highest BCUT2D eigenvalue weighted by Gasteiger charge is 2.26. The average Bonchev–Trinajstić information content (AvgIpc) is 3.12. The number of esters is 1. The van der Waals surface area contributed by atoms with Crippen molar-refractivity contribution in [3.8, 4) is 0 Å². The van der Waals surface area contributed by atoms with E-state index in [0.29, 0.717) is 44.3 Å². The van der Waals surface area contributed by atoms with Gasteiger partial charge in [0, 0.05) is 43.6 Å². The lowest BCUT2D eigenvalue weighted by atomic mass is 10.0. The number of unbranched alkanes of at least 4 members (excludes halogenated alkanes) is 15. The molecule has 0 saturated heterocycles. The summed E-state index contributed by atoms with van der Waals surface area (Å²) in [4.78, 5) is 24.8. The zero-order valence-electron chi connectivity index (χ0n) is 31.2. The summed E-state index contributed by atoms with van der Waals surface area (Å²) in [5.41, 5.74) is 2.12. The van der Waals surface area contributed by atoms with Gasteiger partial charge in [0.15, 0.2) is 0 Å². The lowest BCUT2D eigenvalue weighted by molar-refractivity contribution is -0.154. The number of hydrogen-bond donors (Lipinski definition) is 3. The highest BCUT2D eigenvalue weighted by atomic mass is 35.5. The van der Waals surface area contributed by atoms with Gasteiger partial charge in [-0.3, -0.25) is 13.8 Å². The van der Waals surface area contributed by atoms with Gasteiger partial charge in [-0.05, 0) is 37.0 Å². The fraction of sp³-hybridized carbons (Fsp3) is 0.816. The maximum atomic E-state index is 12.7. The summed E-state index contributed by atoms with van der Waals surface area (Å²) in [6, 6.07) is 8.08. The van der Waals surface area contributed by atoms with E-state index < -0.39 is 45.8 Å². The summed E-state index contributed by atoms with van der Waals surface area (Å²) in [6.07, 6.45) is 19.6. The maximum Gasteiger partial charge on any atom is 0.472 e. The Morgan fingerprint density at radius 1 is 0.765 bits per heavy atom. The standard InChI is InChI=1S/C38H68Cl2NO9P/c1-2-3-4-5-6-7-8-9-10-11-12-13-14-15-16-17-29-47-32-37(33-49-51(45,46)48-31-36(43)30-42)50-38(44)20-18-19-34-21-23-35(24-22-34)41(27-25-39)28-26-40/h21-24,36-37,42-43H,2-20,25-33H2,1H3,(H,45,46)/t36-,37+/m0/s1. The number of aliphatic hydroxyl groups excluding tert-OH is 2. The van der Waals surface area contributed by atoms with Crippen LogP contribution in [0.4, 0.5) is 5.69 Å². The topological polar surface area (TPSA) is 135 Å². The van der Waals surface area contributed by atoms with E-state index in [9.17, 15) is 19.4 Å². The first-order valence-corrected chi connectivity index (χ1v) is 21.9. The number of aliphatic hydroxyl groups is 2. The zero-order chi connectivity index (χ0) is 37.4. The number of halogens is 2. The van der Waals surface area contributed by atoms with Crippen molar-refractivity contribution in [2.24, 2.45) is 0 Å². The smallest absolute Gasteiger partial charge is 0.457 e. The van der Waals surface area contributed by atoms with Crippen LogP contribution in [0.5, 0.6) is 0 Å². The number of hydrogen-bond acceptors (Lipinski definition) is 9. The van der Waals surface area contributed by atoms with Crippen LogP contribution < -0.4 is 4.90 Å². The number of ether oxygens (including phenoxy) is 2. The highest BCUT2D eigenvalue weighted by molar-refractivity contribution is 7.47. The van der Waals surface area contributed by atoms with E-state index in [0.717, 1.165) is 30.5 Å². The van der Waals surface area contributed by atoms with Crippen LogP contribution in [-0.2, 0) is 34.3 Å². The minimum absolute atomic E-state index is 0.00626. The number of phosphoric acid groups is 1. The van der Waals surface area contributed by atoms with Gasteiger partial charge in [0.25, 0.3) is 0 Å². The zero-order valence-corrected chi connectivity index (χ0v) is 33.6. The Labute approximate surface area is 318 Å². The number of benzene rings is 1. The monoisotopic (exact) mass is 783 g/mol. The second kappa shape index (κ2) is 32.5. The molecule has 10 nitrogen and oxygen atoms in total. The van der Waals surface area contributed by atoms with Gasteiger partial charge in [-0.1, -0.05) is 115 Å². The lowest BCUT2D eigenvalue weighted by Crippen LogP contribution is -2.29. The molecule has 0 aliphatic carbocycles. The quantitative estimate of drug-likeness (QED) is 0.0262. The van der Waals surface area contributed by atoms with Crippen molar-refractivity contribution in [2.45, 2.75) is 141 Å². The minimum Gasteiger partial charge on any atom is -0.457 e. The SMILES string of the molecule is CCCCCCCCCCCCCCCCCCOC[C@H](COP(=O)(O)OC[C@@H](O)CO)OC(=O)CCCc1ccc(N(CCCl)CCCl)cc1.